The summed E-state index contributed by atoms with van der Waals surface area (Å²) in [5, 5.41) is 0. The predicted octanol–water partition coefficient (Wildman–Crippen LogP) is 1.86. The fourth-order valence-electron chi connectivity index (χ4n) is 4.63. The number of rotatable bonds is 4. The van der Waals surface area contributed by atoms with E-state index in [1.807, 2.05) is 40.1 Å². The Hall–Kier alpha value is -1.92. The summed E-state index contributed by atoms with van der Waals surface area (Å²) in [5.41, 5.74) is 0.672. The number of nitrogens with zero attached hydrogens (tertiary/aromatic N) is 3. The zero-order chi connectivity index (χ0) is 19.3. The maximum Gasteiger partial charge on any atom is 0.254 e. The van der Waals surface area contributed by atoms with Crippen molar-refractivity contribution in [2.45, 2.75) is 31.7 Å². The molecule has 0 N–H and O–H groups in total. The smallest absolute Gasteiger partial charge is 0.254 e. The second-order valence-electron chi connectivity index (χ2n) is 8.23. The Bertz CT molecular complexity index is 667. The number of ether oxygens (including phenoxy) is 1. The van der Waals surface area contributed by atoms with Crippen LogP contribution in [0.2, 0.25) is 0 Å². The monoisotopic (exact) mass is 385 g/mol. The van der Waals surface area contributed by atoms with Crippen molar-refractivity contribution in [2.24, 2.45) is 5.92 Å². The van der Waals surface area contributed by atoms with Crippen LogP contribution in [0, 0.1) is 5.92 Å². The molecule has 0 aliphatic carbocycles. The third-order valence-electron chi connectivity index (χ3n) is 6.29. The van der Waals surface area contributed by atoms with E-state index in [2.05, 4.69) is 4.90 Å². The van der Waals surface area contributed by atoms with Crippen molar-refractivity contribution in [3.63, 3.8) is 0 Å². The lowest BCUT2D eigenvalue weighted by atomic mass is 9.99. The first-order valence-electron chi connectivity index (χ1n) is 10.7. The Balaban J connectivity index is 1.35. The standard InChI is InChI=1S/C22H31N3O3/c26-21(19-6-2-1-3-7-19)25-10-5-4-8-20(25)22(27)24-13-11-23(12-14-24)16-18-9-15-28-17-18/h1-3,6-7,18,20H,4-5,8-17H2. The quantitative estimate of drug-likeness (QED) is 0.794. The van der Waals surface area contributed by atoms with E-state index in [0.717, 1.165) is 71.6 Å². The Morgan fingerprint density at radius 3 is 2.46 bits per heavy atom. The highest BCUT2D eigenvalue weighted by atomic mass is 16.5. The van der Waals surface area contributed by atoms with Crippen LogP contribution in [0.4, 0.5) is 0 Å². The summed E-state index contributed by atoms with van der Waals surface area (Å²) in [6.45, 7) is 6.86. The van der Waals surface area contributed by atoms with Gasteiger partial charge in [0.15, 0.2) is 0 Å². The fourth-order valence-corrected chi connectivity index (χ4v) is 4.63. The molecule has 0 saturated carbocycles. The van der Waals surface area contributed by atoms with Gasteiger partial charge in [-0.2, -0.15) is 0 Å². The van der Waals surface area contributed by atoms with Crippen LogP contribution in [0.5, 0.6) is 0 Å². The van der Waals surface area contributed by atoms with Crippen molar-refractivity contribution < 1.29 is 14.3 Å². The molecule has 3 fully saturated rings. The van der Waals surface area contributed by atoms with Crippen molar-refractivity contribution >= 4 is 11.8 Å². The molecule has 152 valence electrons. The minimum atomic E-state index is -0.309. The Morgan fingerprint density at radius 1 is 0.964 bits per heavy atom. The van der Waals surface area contributed by atoms with Crippen LogP contribution in [-0.2, 0) is 9.53 Å². The number of benzene rings is 1. The normalized spacial score (nSPS) is 26.4. The van der Waals surface area contributed by atoms with Gasteiger partial charge in [0.05, 0.1) is 6.61 Å². The van der Waals surface area contributed by atoms with Crippen LogP contribution < -0.4 is 0 Å². The van der Waals surface area contributed by atoms with Gasteiger partial charge < -0.3 is 14.5 Å². The average molecular weight is 386 g/mol. The lowest BCUT2D eigenvalue weighted by Crippen LogP contribution is -2.57. The predicted molar refractivity (Wildman–Crippen MR) is 107 cm³/mol. The molecule has 3 aliphatic rings. The van der Waals surface area contributed by atoms with E-state index < -0.39 is 0 Å². The number of carbonyl (C=O) groups is 2. The second kappa shape index (κ2) is 9.05. The first kappa shape index (κ1) is 19.4. The van der Waals surface area contributed by atoms with Crippen LogP contribution in [-0.4, -0.2) is 85.0 Å². The minimum absolute atomic E-state index is 0.0153. The van der Waals surface area contributed by atoms with Gasteiger partial charge in [0, 0.05) is 51.4 Å². The zero-order valence-corrected chi connectivity index (χ0v) is 16.6. The molecule has 28 heavy (non-hydrogen) atoms. The molecule has 2 amide bonds. The molecule has 4 rings (SSSR count). The second-order valence-corrected chi connectivity index (χ2v) is 8.23. The number of piperidine rings is 1. The van der Waals surface area contributed by atoms with Gasteiger partial charge in [0.25, 0.3) is 5.91 Å². The van der Waals surface area contributed by atoms with E-state index in [1.165, 1.54) is 0 Å². The summed E-state index contributed by atoms with van der Waals surface area (Å²) >= 11 is 0. The molecule has 3 aliphatic heterocycles. The minimum Gasteiger partial charge on any atom is -0.381 e. The summed E-state index contributed by atoms with van der Waals surface area (Å²) in [5.74, 6) is 0.755. The molecular formula is C22H31N3O3. The molecule has 6 heteroatoms. The van der Waals surface area contributed by atoms with Gasteiger partial charge in [0.2, 0.25) is 5.91 Å². The number of amides is 2. The third kappa shape index (κ3) is 4.39. The fraction of sp³-hybridized carbons (Fsp3) is 0.636. The number of carbonyl (C=O) groups excluding carboxylic acids is 2. The maximum absolute atomic E-state index is 13.2. The number of piperazine rings is 1. The van der Waals surface area contributed by atoms with E-state index >= 15 is 0 Å². The van der Waals surface area contributed by atoms with E-state index in [0.29, 0.717) is 18.0 Å². The van der Waals surface area contributed by atoms with Crippen LogP contribution in [0.25, 0.3) is 0 Å². The number of hydrogen-bond acceptors (Lipinski definition) is 4. The molecule has 0 spiro atoms. The lowest BCUT2D eigenvalue weighted by molar-refractivity contribution is -0.139. The molecule has 0 bridgehead atoms. The summed E-state index contributed by atoms with van der Waals surface area (Å²) in [6.07, 6.45) is 3.91. The topological polar surface area (TPSA) is 53.1 Å². The van der Waals surface area contributed by atoms with Crippen molar-refractivity contribution in [1.29, 1.82) is 0 Å². The van der Waals surface area contributed by atoms with Gasteiger partial charge in [-0.1, -0.05) is 18.2 Å². The van der Waals surface area contributed by atoms with Gasteiger partial charge in [-0.15, -0.1) is 0 Å². The van der Waals surface area contributed by atoms with E-state index in [1.54, 1.807) is 0 Å². The van der Waals surface area contributed by atoms with Crippen LogP contribution in [0.1, 0.15) is 36.0 Å². The lowest BCUT2D eigenvalue weighted by Gasteiger charge is -2.41. The number of likely N-dealkylation sites (tertiary alicyclic amines) is 1. The van der Waals surface area contributed by atoms with Gasteiger partial charge in [0.1, 0.15) is 6.04 Å². The molecule has 1 aromatic carbocycles. The third-order valence-corrected chi connectivity index (χ3v) is 6.29. The summed E-state index contributed by atoms with van der Waals surface area (Å²) in [4.78, 5) is 32.5. The molecule has 0 radical (unpaired) electrons. The Labute approximate surface area is 167 Å². The molecule has 6 nitrogen and oxygen atoms in total. The van der Waals surface area contributed by atoms with Crippen molar-refractivity contribution in [1.82, 2.24) is 14.7 Å². The Kier molecular flexibility index (Phi) is 6.27. The molecule has 2 atom stereocenters. The molecular weight excluding hydrogens is 354 g/mol. The molecule has 3 saturated heterocycles. The van der Waals surface area contributed by atoms with E-state index in [9.17, 15) is 9.59 Å². The van der Waals surface area contributed by atoms with Gasteiger partial charge >= 0.3 is 0 Å². The van der Waals surface area contributed by atoms with Crippen LogP contribution in [0.15, 0.2) is 30.3 Å². The highest BCUT2D eigenvalue weighted by Gasteiger charge is 2.36. The van der Waals surface area contributed by atoms with Crippen molar-refractivity contribution in [3.8, 4) is 0 Å². The zero-order valence-electron chi connectivity index (χ0n) is 16.6. The first-order chi connectivity index (χ1) is 13.7. The van der Waals surface area contributed by atoms with Gasteiger partial charge in [-0.05, 0) is 43.7 Å². The van der Waals surface area contributed by atoms with E-state index in [-0.39, 0.29) is 17.9 Å². The summed E-state index contributed by atoms with van der Waals surface area (Å²) < 4.78 is 5.48. The first-order valence-corrected chi connectivity index (χ1v) is 10.7. The van der Waals surface area contributed by atoms with E-state index in [4.69, 9.17) is 4.74 Å². The van der Waals surface area contributed by atoms with Crippen molar-refractivity contribution in [3.05, 3.63) is 35.9 Å². The van der Waals surface area contributed by atoms with Crippen LogP contribution in [0.3, 0.4) is 0 Å². The molecule has 0 aromatic heterocycles. The molecule has 2 unspecified atom stereocenters. The highest BCUT2D eigenvalue weighted by Crippen LogP contribution is 2.23. The maximum atomic E-state index is 13.2. The average Bonchev–Trinajstić information content (AvgIpc) is 3.27. The summed E-state index contributed by atoms with van der Waals surface area (Å²) in [6, 6.07) is 9.03. The Morgan fingerprint density at radius 2 is 1.75 bits per heavy atom. The largest absolute Gasteiger partial charge is 0.381 e. The summed E-state index contributed by atoms with van der Waals surface area (Å²) in [7, 11) is 0. The highest BCUT2D eigenvalue weighted by molar-refractivity contribution is 5.97. The van der Waals surface area contributed by atoms with Gasteiger partial charge in [-0.3, -0.25) is 14.5 Å². The SMILES string of the molecule is O=C(C1CCCCN1C(=O)c1ccccc1)N1CCN(CC2CCOC2)CC1. The van der Waals surface area contributed by atoms with Gasteiger partial charge in [-0.25, -0.2) is 0 Å². The van der Waals surface area contributed by atoms with Crippen LogP contribution >= 0.6 is 0 Å². The molecule has 3 heterocycles. The molecule has 1 aromatic rings. The number of hydrogen-bond donors (Lipinski definition) is 0. The van der Waals surface area contributed by atoms with Crippen molar-refractivity contribution in [2.75, 3.05) is 52.5 Å².